The maximum atomic E-state index is 13.8. The van der Waals surface area contributed by atoms with Gasteiger partial charge in [0.2, 0.25) is 0 Å². The molecule has 23 heavy (non-hydrogen) atoms. The number of benzene rings is 2. The van der Waals surface area contributed by atoms with Crippen LogP contribution in [-0.2, 0) is 0 Å². The Morgan fingerprint density at radius 1 is 1.22 bits per heavy atom. The average Bonchev–Trinajstić information content (AvgIpc) is 2.98. The zero-order valence-corrected chi connectivity index (χ0v) is 12.9. The fourth-order valence-electron chi connectivity index (χ4n) is 2.53. The van der Waals surface area contributed by atoms with E-state index in [-0.39, 0.29) is 11.7 Å². The Morgan fingerprint density at radius 2 is 2.00 bits per heavy atom. The number of nitrogens with one attached hydrogen (secondary N) is 2. The van der Waals surface area contributed by atoms with Crippen LogP contribution in [0.5, 0.6) is 5.75 Å². The molecule has 0 aliphatic heterocycles. The number of methoxy groups -OCH3 is 1. The third-order valence-corrected chi connectivity index (χ3v) is 3.79. The van der Waals surface area contributed by atoms with Crippen molar-refractivity contribution in [3.8, 4) is 5.75 Å². The summed E-state index contributed by atoms with van der Waals surface area (Å²) in [5, 5.41) is 3.71. The van der Waals surface area contributed by atoms with Crippen molar-refractivity contribution in [3.05, 3.63) is 65.6 Å². The molecule has 118 valence electrons. The Hall–Kier alpha value is -2.82. The van der Waals surface area contributed by atoms with Gasteiger partial charge in [-0.05, 0) is 31.2 Å². The summed E-state index contributed by atoms with van der Waals surface area (Å²) in [6, 6.07) is 13.3. The number of halogens is 1. The molecule has 0 bridgehead atoms. The van der Waals surface area contributed by atoms with Crippen LogP contribution in [0.2, 0.25) is 0 Å². The predicted octanol–water partition coefficient (Wildman–Crippen LogP) is 3.81. The summed E-state index contributed by atoms with van der Waals surface area (Å²) in [4.78, 5) is 15.4. The van der Waals surface area contributed by atoms with Crippen LogP contribution >= 0.6 is 0 Å². The first-order valence-corrected chi connectivity index (χ1v) is 7.30. The average molecular weight is 312 g/mol. The van der Waals surface area contributed by atoms with Crippen LogP contribution in [0, 0.1) is 5.82 Å². The standard InChI is InChI=1S/C18H17FN2O2/c1-11(14-5-3-4-6-15(14)19)20-18(22)17-9-12-7-8-13(23-2)10-16(12)21-17/h3-11,21H,1-2H3,(H,20,22). The lowest BCUT2D eigenvalue weighted by atomic mass is 10.1. The highest BCUT2D eigenvalue weighted by atomic mass is 19.1. The van der Waals surface area contributed by atoms with Crippen LogP contribution < -0.4 is 10.1 Å². The first kappa shape index (κ1) is 15.1. The van der Waals surface area contributed by atoms with Gasteiger partial charge in [-0.3, -0.25) is 4.79 Å². The van der Waals surface area contributed by atoms with Gasteiger partial charge < -0.3 is 15.0 Å². The van der Waals surface area contributed by atoms with Crippen molar-refractivity contribution in [2.24, 2.45) is 0 Å². The smallest absolute Gasteiger partial charge is 0.268 e. The molecule has 0 fully saturated rings. The Kier molecular flexibility index (Phi) is 4.02. The van der Waals surface area contributed by atoms with Gasteiger partial charge in [0.1, 0.15) is 17.3 Å². The number of aromatic amines is 1. The zero-order valence-electron chi connectivity index (χ0n) is 12.9. The Balaban J connectivity index is 1.82. The minimum Gasteiger partial charge on any atom is -0.497 e. The minimum absolute atomic E-state index is 0.282. The normalized spacial score (nSPS) is 12.1. The van der Waals surface area contributed by atoms with Crippen molar-refractivity contribution in [2.45, 2.75) is 13.0 Å². The van der Waals surface area contributed by atoms with Crippen LogP contribution in [0.4, 0.5) is 4.39 Å². The molecule has 1 aromatic heterocycles. The molecule has 4 nitrogen and oxygen atoms in total. The van der Waals surface area contributed by atoms with E-state index in [1.54, 1.807) is 38.3 Å². The van der Waals surface area contributed by atoms with Crippen molar-refractivity contribution < 1.29 is 13.9 Å². The molecule has 1 atom stereocenters. The molecule has 2 N–H and O–H groups in total. The third-order valence-electron chi connectivity index (χ3n) is 3.79. The fourth-order valence-corrected chi connectivity index (χ4v) is 2.53. The van der Waals surface area contributed by atoms with Crippen LogP contribution in [0.25, 0.3) is 10.9 Å². The molecule has 1 heterocycles. The van der Waals surface area contributed by atoms with E-state index >= 15 is 0 Å². The number of ether oxygens (including phenoxy) is 1. The van der Waals surface area contributed by atoms with E-state index in [9.17, 15) is 9.18 Å². The van der Waals surface area contributed by atoms with E-state index in [0.29, 0.717) is 17.0 Å². The summed E-state index contributed by atoms with van der Waals surface area (Å²) in [6.07, 6.45) is 0. The van der Waals surface area contributed by atoms with Crippen LogP contribution in [0.15, 0.2) is 48.5 Å². The van der Waals surface area contributed by atoms with Crippen molar-refractivity contribution in [1.29, 1.82) is 0 Å². The van der Waals surface area contributed by atoms with Crippen LogP contribution in [0.1, 0.15) is 29.0 Å². The second-order valence-electron chi connectivity index (χ2n) is 5.35. The summed E-state index contributed by atoms with van der Waals surface area (Å²) in [5.41, 5.74) is 1.70. The number of amides is 1. The third kappa shape index (κ3) is 3.04. The monoisotopic (exact) mass is 312 g/mol. The molecular formula is C18H17FN2O2. The highest BCUT2D eigenvalue weighted by Crippen LogP contribution is 2.22. The van der Waals surface area contributed by atoms with Gasteiger partial charge in [-0.1, -0.05) is 18.2 Å². The summed E-state index contributed by atoms with van der Waals surface area (Å²) in [7, 11) is 1.59. The number of fused-ring (bicyclic) bond motifs is 1. The van der Waals surface area contributed by atoms with Gasteiger partial charge in [-0.25, -0.2) is 4.39 Å². The van der Waals surface area contributed by atoms with E-state index in [1.807, 2.05) is 18.2 Å². The molecule has 3 aromatic rings. The Morgan fingerprint density at radius 3 is 2.74 bits per heavy atom. The number of hydrogen-bond acceptors (Lipinski definition) is 2. The maximum absolute atomic E-state index is 13.8. The number of H-pyrrole nitrogens is 1. The predicted molar refractivity (Wildman–Crippen MR) is 87.1 cm³/mol. The lowest BCUT2D eigenvalue weighted by Gasteiger charge is -2.14. The second-order valence-corrected chi connectivity index (χ2v) is 5.35. The first-order valence-electron chi connectivity index (χ1n) is 7.30. The highest BCUT2D eigenvalue weighted by Gasteiger charge is 2.16. The van der Waals surface area contributed by atoms with Crippen molar-refractivity contribution >= 4 is 16.8 Å². The van der Waals surface area contributed by atoms with Crippen molar-refractivity contribution in [1.82, 2.24) is 10.3 Å². The molecule has 0 saturated heterocycles. The Bertz CT molecular complexity index is 857. The summed E-state index contributed by atoms with van der Waals surface area (Å²) < 4.78 is 18.9. The molecule has 2 aromatic carbocycles. The quantitative estimate of drug-likeness (QED) is 0.770. The van der Waals surface area contributed by atoms with Crippen molar-refractivity contribution in [3.63, 3.8) is 0 Å². The largest absolute Gasteiger partial charge is 0.497 e. The van der Waals surface area contributed by atoms with Crippen molar-refractivity contribution in [2.75, 3.05) is 7.11 Å². The lowest BCUT2D eigenvalue weighted by Crippen LogP contribution is -2.27. The van der Waals surface area contributed by atoms with Gasteiger partial charge in [0.25, 0.3) is 5.91 Å². The van der Waals surface area contributed by atoms with Gasteiger partial charge in [0.15, 0.2) is 0 Å². The number of hydrogen-bond donors (Lipinski definition) is 2. The molecule has 0 aliphatic rings. The van der Waals surface area contributed by atoms with Gasteiger partial charge in [0, 0.05) is 22.5 Å². The molecule has 0 saturated carbocycles. The summed E-state index contributed by atoms with van der Waals surface area (Å²) >= 11 is 0. The van der Waals surface area contributed by atoms with E-state index in [0.717, 1.165) is 10.9 Å². The van der Waals surface area contributed by atoms with E-state index in [1.165, 1.54) is 6.07 Å². The molecule has 0 aliphatic carbocycles. The maximum Gasteiger partial charge on any atom is 0.268 e. The van der Waals surface area contributed by atoms with E-state index < -0.39 is 6.04 Å². The summed E-state index contributed by atoms with van der Waals surface area (Å²) in [6.45, 7) is 1.75. The first-order chi connectivity index (χ1) is 11.1. The van der Waals surface area contributed by atoms with E-state index in [4.69, 9.17) is 4.74 Å². The van der Waals surface area contributed by atoms with Gasteiger partial charge in [0.05, 0.1) is 13.2 Å². The molecule has 1 amide bonds. The highest BCUT2D eigenvalue weighted by molar-refractivity contribution is 5.98. The molecule has 1 unspecified atom stereocenters. The van der Waals surface area contributed by atoms with E-state index in [2.05, 4.69) is 10.3 Å². The second kappa shape index (κ2) is 6.12. The topological polar surface area (TPSA) is 54.1 Å². The molecule has 0 radical (unpaired) electrons. The number of rotatable bonds is 4. The number of carbonyl (C=O) groups is 1. The number of aromatic nitrogens is 1. The zero-order chi connectivity index (χ0) is 16.4. The Labute approximate surface area is 133 Å². The van der Waals surface area contributed by atoms with Gasteiger partial charge in [-0.2, -0.15) is 0 Å². The van der Waals surface area contributed by atoms with Crippen LogP contribution in [0.3, 0.4) is 0 Å². The molecule has 3 rings (SSSR count). The summed E-state index contributed by atoms with van der Waals surface area (Å²) in [5.74, 6) is 0.101. The van der Waals surface area contributed by atoms with Crippen LogP contribution in [-0.4, -0.2) is 18.0 Å². The number of carbonyl (C=O) groups excluding carboxylic acids is 1. The fraction of sp³-hybridized carbons (Fsp3) is 0.167. The molecule has 0 spiro atoms. The van der Waals surface area contributed by atoms with Gasteiger partial charge >= 0.3 is 0 Å². The minimum atomic E-state index is -0.426. The molecular weight excluding hydrogens is 295 g/mol. The van der Waals surface area contributed by atoms with Gasteiger partial charge in [-0.15, -0.1) is 0 Å². The molecule has 5 heteroatoms. The SMILES string of the molecule is COc1ccc2cc(C(=O)NC(C)c3ccccc3F)[nH]c2c1. The lowest BCUT2D eigenvalue weighted by molar-refractivity contribution is 0.0935.